The Bertz CT molecular complexity index is 338. The predicted octanol–water partition coefficient (Wildman–Crippen LogP) is 3.44. The molecule has 0 bridgehead atoms. The van der Waals surface area contributed by atoms with Gasteiger partial charge in [0, 0.05) is 0 Å². The van der Waals surface area contributed by atoms with Crippen LogP contribution in [0.2, 0.25) is 0 Å². The maximum Gasteiger partial charge on any atom is 0.325 e. The van der Waals surface area contributed by atoms with Crippen LogP contribution in [-0.4, -0.2) is 43.2 Å². The third-order valence-corrected chi connectivity index (χ3v) is 3.95. The summed E-state index contributed by atoms with van der Waals surface area (Å²) in [7, 11) is 2.18. The summed E-state index contributed by atoms with van der Waals surface area (Å²) in [5.41, 5.74) is 5.35. The molecule has 0 aliphatic rings. The van der Waals surface area contributed by atoms with E-state index in [2.05, 4.69) is 46.6 Å². The maximum atomic E-state index is 11.6. The highest BCUT2D eigenvalue weighted by Gasteiger charge is 2.25. The number of hydrogen-bond acceptors (Lipinski definition) is 4. The molecule has 0 aromatic rings. The maximum absolute atomic E-state index is 11.6. The highest BCUT2D eigenvalue weighted by molar-refractivity contribution is 5.79. The normalized spacial score (nSPS) is 13.5. The number of esters is 1. The molecule has 0 amide bonds. The van der Waals surface area contributed by atoms with Crippen molar-refractivity contribution in [1.29, 1.82) is 0 Å². The van der Waals surface area contributed by atoms with E-state index in [4.69, 9.17) is 10.5 Å². The summed E-state index contributed by atoms with van der Waals surface area (Å²) in [6.07, 6.45) is 3.16. The van der Waals surface area contributed by atoms with E-state index >= 15 is 0 Å². The quantitative estimate of drug-likeness (QED) is 0.662. The van der Waals surface area contributed by atoms with E-state index in [1.54, 1.807) is 13.8 Å². The summed E-state index contributed by atoms with van der Waals surface area (Å²) in [6, 6.07) is 0. The SMILES string of the molecule is CN(CCC(C)(C)C)CCC(C)(C)CCOC(=O)C(C)(C)N. The van der Waals surface area contributed by atoms with Crippen molar-refractivity contribution >= 4 is 5.97 Å². The first-order valence-corrected chi connectivity index (χ1v) is 8.38. The highest BCUT2D eigenvalue weighted by Crippen LogP contribution is 2.26. The van der Waals surface area contributed by atoms with E-state index in [0.29, 0.717) is 12.0 Å². The molecule has 2 N–H and O–H groups in total. The molecule has 0 aliphatic carbocycles. The van der Waals surface area contributed by atoms with Gasteiger partial charge in [-0.25, -0.2) is 0 Å². The first-order chi connectivity index (χ1) is 9.73. The molecular formula is C18H38N2O2. The summed E-state index contributed by atoms with van der Waals surface area (Å²) in [6.45, 7) is 17.3. The Hall–Kier alpha value is -0.610. The Kier molecular flexibility index (Phi) is 8.07. The molecule has 0 aliphatic heterocycles. The second kappa shape index (κ2) is 8.30. The highest BCUT2D eigenvalue weighted by atomic mass is 16.5. The van der Waals surface area contributed by atoms with Gasteiger partial charge in [0.15, 0.2) is 0 Å². The zero-order chi connectivity index (χ0) is 17.6. The molecule has 0 unspecified atom stereocenters. The van der Waals surface area contributed by atoms with Crippen molar-refractivity contribution in [3.05, 3.63) is 0 Å². The molecule has 0 aromatic heterocycles. The lowest BCUT2D eigenvalue weighted by Gasteiger charge is -2.29. The molecule has 0 rings (SSSR count). The zero-order valence-electron chi connectivity index (χ0n) is 16.1. The van der Waals surface area contributed by atoms with Gasteiger partial charge in [0.05, 0.1) is 6.61 Å². The minimum Gasteiger partial charge on any atom is -0.464 e. The largest absolute Gasteiger partial charge is 0.464 e. The van der Waals surface area contributed by atoms with Crippen LogP contribution in [0.3, 0.4) is 0 Å². The molecule has 0 heterocycles. The third kappa shape index (κ3) is 11.0. The fourth-order valence-corrected chi connectivity index (χ4v) is 1.86. The standard InChI is InChI=1S/C18H38N2O2/c1-16(2,3)9-12-20(8)13-10-17(4,5)11-14-22-15(21)18(6,7)19/h9-14,19H2,1-8H3. The van der Waals surface area contributed by atoms with E-state index < -0.39 is 5.54 Å². The van der Waals surface area contributed by atoms with Gasteiger partial charge < -0.3 is 15.4 Å². The summed E-state index contributed by atoms with van der Waals surface area (Å²) in [5.74, 6) is -0.328. The van der Waals surface area contributed by atoms with Gasteiger partial charge in [0.1, 0.15) is 5.54 Å². The lowest BCUT2D eigenvalue weighted by Crippen LogP contribution is -2.43. The van der Waals surface area contributed by atoms with Gasteiger partial charge in [-0.15, -0.1) is 0 Å². The molecule has 0 aromatic carbocycles. The summed E-state index contributed by atoms with van der Waals surface area (Å²) in [4.78, 5) is 14.0. The van der Waals surface area contributed by atoms with Crippen molar-refractivity contribution in [2.24, 2.45) is 16.6 Å². The monoisotopic (exact) mass is 314 g/mol. The smallest absolute Gasteiger partial charge is 0.325 e. The van der Waals surface area contributed by atoms with Crippen molar-refractivity contribution in [3.8, 4) is 0 Å². The van der Waals surface area contributed by atoms with E-state index in [1.807, 2.05) is 0 Å². The van der Waals surface area contributed by atoms with Crippen LogP contribution in [0.15, 0.2) is 0 Å². The zero-order valence-corrected chi connectivity index (χ0v) is 16.1. The molecule has 0 atom stereocenters. The molecule has 0 radical (unpaired) electrons. The van der Waals surface area contributed by atoms with Gasteiger partial charge >= 0.3 is 5.97 Å². The van der Waals surface area contributed by atoms with Crippen molar-refractivity contribution in [1.82, 2.24) is 4.90 Å². The minimum atomic E-state index is -0.905. The number of hydrogen-bond donors (Lipinski definition) is 1. The van der Waals surface area contributed by atoms with Crippen molar-refractivity contribution in [2.45, 2.75) is 73.3 Å². The molecule has 0 spiro atoms. The first kappa shape index (κ1) is 21.4. The second-order valence-electron chi connectivity index (χ2n) is 9.14. The van der Waals surface area contributed by atoms with Crippen molar-refractivity contribution < 1.29 is 9.53 Å². The molecule has 132 valence electrons. The van der Waals surface area contributed by atoms with Gasteiger partial charge in [-0.2, -0.15) is 0 Å². The van der Waals surface area contributed by atoms with Crippen LogP contribution in [0.4, 0.5) is 0 Å². The van der Waals surface area contributed by atoms with Gasteiger partial charge in [0.2, 0.25) is 0 Å². The Morgan fingerprint density at radius 1 is 0.955 bits per heavy atom. The minimum absolute atomic E-state index is 0.162. The number of nitrogens with zero attached hydrogens (tertiary/aromatic N) is 1. The molecule has 22 heavy (non-hydrogen) atoms. The Balaban J connectivity index is 4.02. The third-order valence-electron chi connectivity index (χ3n) is 3.95. The summed E-state index contributed by atoms with van der Waals surface area (Å²) in [5, 5.41) is 0. The van der Waals surface area contributed by atoms with E-state index in [0.717, 1.165) is 25.9 Å². The van der Waals surface area contributed by atoms with E-state index in [9.17, 15) is 4.79 Å². The molecule has 4 nitrogen and oxygen atoms in total. The van der Waals surface area contributed by atoms with Crippen molar-refractivity contribution in [3.63, 3.8) is 0 Å². The first-order valence-electron chi connectivity index (χ1n) is 8.38. The Morgan fingerprint density at radius 3 is 1.91 bits per heavy atom. The van der Waals surface area contributed by atoms with Gasteiger partial charge in [0.25, 0.3) is 0 Å². The second-order valence-corrected chi connectivity index (χ2v) is 9.14. The van der Waals surface area contributed by atoms with Gasteiger partial charge in [-0.1, -0.05) is 34.6 Å². The number of ether oxygens (including phenoxy) is 1. The van der Waals surface area contributed by atoms with Crippen LogP contribution in [0, 0.1) is 10.8 Å². The van der Waals surface area contributed by atoms with Crippen LogP contribution < -0.4 is 5.73 Å². The average Bonchev–Trinajstić information content (AvgIpc) is 2.31. The average molecular weight is 315 g/mol. The molecule has 0 saturated carbocycles. The number of carbonyl (C=O) groups excluding carboxylic acids is 1. The van der Waals surface area contributed by atoms with Crippen molar-refractivity contribution in [2.75, 3.05) is 26.7 Å². The summed E-state index contributed by atoms with van der Waals surface area (Å²) < 4.78 is 5.26. The number of carbonyl (C=O) groups is 1. The van der Waals surface area contributed by atoms with Gasteiger partial charge in [-0.3, -0.25) is 4.79 Å². The Morgan fingerprint density at radius 2 is 1.45 bits per heavy atom. The van der Waals surface area contributed by atoms with Gasteiger partial charge in [-0.05, 0) is 64.1 Å². The van der Waals surface area contributed by atoms with Crippen LogP contribution in [0.1, 0.15) is 67.7 Å². The number of nitrogens with two attached hydrogens (primary N) is 1. The number of rotatable bonds is 9. The molecule has 4 heteroatoms. The van der Waals surface area contributed by atoms with Crippen LogP contribution in [-0.2, 0) is 9.53 Å². The Labute approximate surface area is 137 Å². The fraction of sp³-hybridized carbons (Fsp3) is 0.944. The van der Waals surface area contributed by atoms with Crippen LogP contribution in [0.25, 0.3) is 0 Å². The summed E-state index contributed by atoms with van der Waals surface area (Å²) >= 11 is 0. The van der Waals surface area contributed by atoms with E-state index in [-0.39, 0.29) is 11.4 Å². The fourth-order valence-electron chi connectivity index (χ4n) is 1.86. The lowest BCUT2D eigenvalue weighted by molar-refractivity contribution is -0.149. The topological polar surface area (TPSA) is 55.6 Å². The molecular weight excluding hydrogens is 276 g/mol. The van der Waals surface area contributed by atoms with Crippen LogP contribution in [0.5, 0.6) is 0 Å². The molecule has 0 fully saturated rings. The van der Waals surface area contributed by atoms with Crippen LogP contribution >= 0.6 is 0 Å². The molecule has 0 saturated heterocycles. The predicted molar refractivity (Wildman–Crippen MR) is 93.8 cm³/mol. The van der Waals surface area contributed by atoms with E-state index in [1.165, 1.54) is 6.42 Å². The lowest BCUT2D eigenvalue weighted by atomic mass is 9.85.